The highest BCUT2D eigenvalue weighted by atomic mass is 79.9. The summed E-state index contributed by atoms with van der Waals surface area (Å²) in [5.74, 6) is -1.27. The fraction of sp³-hybridized carbons (Fsp3) is 0.364. The molecular weight excluding hydrogens is 425 g/mol. The molecule has 0 saturated heterocycles. The topological polar surface area (TPSA) is 46.6 Å². The molecule has 0 atom stereocenters. The average molecular weight is 448 g/mol. The van der Waals surface area contributed by atoms with Crippen LogP contribution in [0.5, 0.6) is 0 Å². The molecule has 1 aliphatic rings. The molecule has 0 saturated carbocycles. The van der Waals surface area contributed by atoms with Crippen molar-refractivity contribution in [2.45, 2.75) is 46.1 Å². The zero-order valence-electron chi connectivity index (χ0n) is 16.4. The van der Waals surface area contributed by atoms with Gasteiger partial charge >= 0.3 is 5.97 Å². The Hall–Kier alpha value is -2.21. The molecule has 0 unspecified atom stereocenters. The Bertz CT molecular complexity index is 950. The van der Waals surface area contributed by atoms with E-state index >= 15 is 0 Å². The summed E-state index contributed by atoms with van der Waals surface area (Å²) in [6, 6.07) is 8.81. The number of carbonyl (C=O) groups excluding carboxylic acids is 2. The highest BCUT2D eigenvalue weighted by Crippen LogP contribution is 2.35. The number of esters is 1. The quantitative estimate of drug-likeness (QED) is 0.611. The van der Waals surface area contributed by atoms with Gasteiger partial charge in [-0.25, -0.2) is 4.39 Å². The molecule has 1 aliphatic heterocycles. The molecule has 0 aromatic heterocycles. The maximum atomic E-state index is 14.9. The molecule has 3 rings (SSSR count). The number of amides is 1. The van der Waals surface area contributed by atoms with Crippen molar-refractivity contribution >= 4 is 33.5 Å². The van der Waals surface area contributed by atoms with Gasteiger partial charge < -0.3 is 9.64 Å². The van der Waals surface area contributed by atoms with Crippen LogP contribution in [0.25, 0.3) is 0 Å². The normalized spacial score (nSPS) is 14.1. The van der Waals surface area contributed by atoms with Crippen molar-refractivity contribution in [3.05, 3.63) is 62.9 Å². The number of ether oxygens (including phenoxy) is 1. The lowest BCUT2D eigenvalue weighted by molar-refractivity contribution is -0.142. The number of benzene rings is 2. The summed E-state index contributed by atoms with van der Waals surface area (Å²) in [6.07, 6.45) is 0.557. The minimum Gasteiger partial charge on any atom is -0.461 e. The van der Waals surface area contributed by atoms with Crippen molar-refractivity contribution in [1.29, 1.82) is 0 Å². The van der Waals surface area contributed by atoms with Crippen LogP contribution in [0.15, 0.2) is 34.8 Å². The van der Waals surface area contributed by atoms with Crippen LogP contribution < -0.4 is 4.90 Å². The molecular formula is C22H23BrFNO3. The number of fused-ring (bicyclic) bond motifs is 1. The van der Waals surface area contributed by atoms with Gasteiger partial charge in [0.05, 0.1) is 11.3 Å². The van der Waals surface area contributed by atoms with Gasteiger partial charge in [0, 0.05) is 23.5 Å². The lowest BCUT2D eigenvalue weighted by atomic mass is 9.83. The number of hydrogen-bond acceptors (Lipinski definition) is 3. The summed E-state index contributed by atoms with van der Waals surface area (Å²) in [5, 5.41) is 0. The zero-order valence-corrected chi connectivity index (χ0v) is 18.0. The van der Waals surface area contributed by atoms with Gasteiger partial charge in [-0.05, 0) is 41.2 Å². The van der Waals surface area contributed by atoms with E-state index in [1.54, 1.807) is 17.0 Å². The Morgan fingerprint density at radius 3 is 2.64 bits per heavy atom. The number of rotatable bonds is 3. The summed E-state index contributed by atoms with van der Waals surface area (Å²) in [5.41, 5.74) is 2.84. The Labute approximate surface area is 172 Å². The highest BCUT2D eigenvalue weighted by Gasteiger charge is 2.31. The molecule has 148 valence electrons. The monoisotopic (exact) mass is 447 g/mol. The molecule has 0 spiro atoms. The van der Waals surface area contributed by atoms with Crippen molar-refractivity contribution in [2.24, 2.45) is 0 Å². The third-order valence-corrected chi connectivity index (χ3v) is 5.65. The molecule has 4 nitrogen and oxygen atoms in total. The minimum atomic E-state index is -0.492. The molecule has 0 N–H and O–H groups in total. The van der Waals surface area contributed by atoms with Gasteiger partial charge in [-0.3, -0.25) is 9.59 Å². The first kappa shape index (κ1) is 20.5. The third-order valence-electron chi connectivity index (χ3n) is 4.91. The molecule has 0 bridgehead atoms. The van der Waals surface area contributed by atoms with Crippen molar-refractivity contribution in [3.8, 4) is 0 Å². The van der Waals surface area contributed by atoms with Crippen molar-refractivity contribution in [1.82, 2.24) is 0 Å². The first-order chi connectivity index (χ1) is 13.1. The Morgan fingerprint density at radius 2 is 2.00 bits per heavy atom. The summed E-state index contributed by atoms with van der Waals surface area (Å²) in [4.78, 5) is 26.0. The van der Waals surface area contributed by atoms with E-state index in [4.69, 9.17) is 4.74 Å². The maximum Gasteiger partial charge on any atom is 0.302 e. The van der Waals surface area contributed by atoms with Gasteiger partial charge in [-0.15, -0.1) is 0 Å². The van der Waals surface area contributed by atoms with Gasteiger partial charge in [0.1, 0.15) is 12.4 Å². The van der Waals surface area contributed by atoms with Gasteiger partial charge in [0.15, 0.2) is 0 Å². The number of hydrogen-bond donors (Lipinski definition) is 0. The Balaban J connectivity index is 2.02. The van der Waals surface area contributed by atoms with E-state index in [0.717, 1.165) is 15.6 Å². The van der Waals surface area contributed by atoms with Crippen molar-refractivity contribution in [3.63, 3.8) is 0 Å². The second kappa shape index (κ2) is 7.66. The molecule has 2 aromatic rings. The maximum absolute atomic E-state index is 14.9. The van der Waals surface area contributed by atoms with Crippen LogP contribution in [0.1, 0.15) is 54.7 Å². The van der Waals surface area contributed by atoms with Gasteiger partial charge in [-0.1, -0.05) is 48.8 Å². The number of carbonyl (C=O) groups is 2. The Morgan fingerprint density at radius 1 is 1.29 bits per heavy atom. The van der Waals surface area contributed by atoms with Gasteiger partial charge in [0.25, 0.3) is 5.91 Å². The van der Waals surface area contributed by atoms with Crippen molar-refractivity contribution in [2.75, 3.05) is 11.4 Å². The lowest BCUT2D eigenvalue weighted by Gasteiger charge is -2.32. The lowest BCUT2D eigenvalue weighted by Crippen LogP contribution is -2.39. The van der Waals surface area contributed by atoms with Crippen LogP contribution >= 0.6 is 15.9 Å². The van der Waals surface area contributed by atoms with E-state index in [-0.39, 0.29) is 23.5 Å². The van der Waals surface area contributed by atoms with E-state index in [9.17, 15) is 14.0 Å². The molecule has 28 heavy (non-hydrogen) atoms. The molecule has 0 fully saturated rings. The second-order valence-corrected chi connectivity index (χ2v) is 8.82. The standard InChI is InChI=1S/C22H23BrFNO3/c1-13(26)28-12-16-17(23)6-5-7-19(16)25-9-8-14-10-15(22(2,3)4)11-18(24)20(14)21(25)27/h5-7,10-11H,8-9,12H2,1-4H3. The van der Waals surface area contributed by atoms with E-state index in [0.29, 0.717) is 24.2 Å². The van der Waals surface area contributed by atoms with E-state index in [1.165, 1.54) is 13.0 Å². The SMILES string of the molecule is CC(=O)OCc1c(Br)cccc1N1CCc2cc(C(C)(C)C)cc(F)c2C1=O. The van der Waals surface area contributed by atoms with Crippen LogP contribution in [-0.4, -0.2) is 18.4 Å². The van der Waals surface area contributed by atoms with Gasteiger partial charge in [0.2, 0.25) is 0 Å². The van der Waals surface area contributed by atoms with Crippen LogP contribution in [0.4, 0.5) is 10.1 Å². The molecule has 1 amide bonds. The molecule has 2 aromatic carbocycles. The Kier molecular flexibility index (Phi) is 5.62. The molecule has 0 radical (unpaired) electrons. The third kappa shape index (κ3) is 3.97. The summed E-state index contributed by atoms with van der Waals surface area (Å²) in [6.45, 7) is 7.87. The van der Waals surface area contributed by atoms with E-state index in [1.807, 2.05) is 32.9 Å². The first-order valence-corrected chi connectivity index (χ1v) is 9.94. The minimum absolute atomic E-state index is 0.0359. The first-order valence-electron chi connectivity index (χ1n) is 9.15. The van der Waals surface area contributed by atoms with Crippen molar-refractivity contribution < 1.29 is 18.7 Å². The van der Waals surface area contributed by atoms with Crippen LogP contribution in [-0.2, 0) is 28.0 Å². The molecule has 0 aliphatic carbocycles. The smallest absolute Gasteiger partial charge is 0.302 e. The van der Waals surface area contributed by atoms with Crippen LogP contribution in [0.2, 0.25) is 0 Å². The zero-order chi connectivity index (χ0) is 20.6. The molecule has 6 heteroatoms. The van der Waals surface area contributed by atoms with E-state index < -0.39 is 11.8 Å². The summed E-state index contributed by atoms with van der Waals surface area (Å²) < 4.78 is 20.8. The fourth-order valence-corrected chi connectivity index (χ4v) is 3.82. The number of anilines is 1. The number of halogens is 2. The number of nitrogens with zero attached hydrogens (tertiary/aromatic N) is 1. The largest absolute Gasteiger partial charge is 0.461 e. The summed E-state index contributed by atoms with van der Waals surface area (Å²) in [7, 11) is 0. The average Bonchev–Trinajstić information content (AvgIpc) is 2.59. The second-order valence-electron chi connectivity index (χ2n) is 7.97. The van der Waals surface area contributed by atoms with Crippen LogP contribution in [0.3, 0.4) is 0 Å². The van der Waals surface area contributed by atoms with Crippen LogP contribution in [0, 0.1) is 5.82 Å². The van der Waals surface area contributed by atoms with Gasteiger partial charge in [-0.2, -0.15) is 0 Å². The predicted octanol–water partition coefficient (Wildman–Crippen LogP) is 5.15. The molecule has 1 heterocycles. The highest BCUT2D eigenvalue weighted by molar-refractivity contribution is 9.10. The predicted molar refractivity (Wildman–Crippen MR) is 110 cm³/mol. The van der Waals surface area contributed by atoms with E-state index in [2.05, 4.69) is 15.9 Å². The fourth-order valence-electron chi connectivity index (χ4n) is 3.35. The summed E-state index contributed by atoms with van der Waals surface area (Å²) >= 11 is 3.46.